The van der Waals surface area contributed by atoms with E-state index in [4.69, 9.17) is 4.74 Å². The Morgan fingerprint density at radius 3 is 2.21 bits per heavy atom. The molecule has 0 radical (unpaired) electrons. The molecule has 5 aliphatic rings. The Hall–Kier alpha value is -2.76. The van der Waals surface area contributed by atoms with Crippen molar-refractivity contribution in [3.8, 4) is 0 Å². The molecule has 0 aromatic heterocycles. The Morgan fingerprint density at radius 2 is 1.62 bits per heavy atom. The molecule has 6 heteroatoms. The normalized spacial score (nSPS) is 33.5. The number of hydrogen-bond donors (Lipinski definition) is 0. The van der Waals surface area contributed by atoms with E-state index in [9.17, 15) is 19.2 Å². The molecule has 1 aromatic carbocycles. The molecule has 150 valence electrons. The smallest absolute Gasteiger partial charge is 0.326 e. The number of likely N-dealkylation sites (tertiary alicyclic amines) is 1. The van der Waals surface area contributed by atoms with Crippen molar-refractivity contribution in [2.24, 2.45) is 35.5 Å². The maximum atomic E-state index is 12.9. The average Bonchev–Trinajstić information content (AvgIpc) is 3.49. The van der Waals surface area contributed by atoms with Crippen LogP contribution in [0.15, 0.2) is 30.4 Å². The quantitative estimate of drug-likeness (QED) is 0.331. The summed E-state index contributed by atoms with van der Waals surface area (Å²) in [5.41, 5.74) is 2.54. The lowest BCUT2D eigenvalue weighted by molar-refractivity contribution is -0.152. The van der Waals surface area contributed by atoms with Gasteiger partial charge in [0.1, 0.15) is 6.54 Å². The van der Waals surface area contributed by atoms with Gasteiger partial charge < -0.3 is 4.74 Å². The molecule has 0 unspecified atom stereocenters. The Kier molecular flexibility index (Phi) is 4.02. The zero-order valence-corrected chi connectivity index (χ0v) is 16.5. The monoisotopic (exact) mass is 393 g/mol. The number of carbonyl (C=O) groups excluding carboxylic acids is 4. The van der Waals surface area contributed by atoms with Crippen molar-refractivity contribution in [1.82, 2.24) is 4.90 Å². The van der Waals surface area contributed by atoms with Crippen LogP contribution < -0.4 is 0 Å². The number of ketones is 1. The highest BCUT2D eigenvalue weighted by Crippen LogP contribution is 2.65. The summed E-state index contributed by atoms with van der Waals surface area (Å²) in [7, 11) is 0. The van der Waals surface area contributed by atoms with E-state index in [0.717, 1.165) is 22.4 Å². The number of esters is 1. The zero-order valence-electron chi connectivity index (χ0n) is 16.5. The molecule has 29 heavy (non-hydrogen) atoms. The molecule has 2 saturated carbocycles. The van der Waals surface area contributed by atoms with Gasteiger partial charge in [-0.3, -0.25) is 24.1 Å². The van der Waals surface area contributed by atoms with Gasteiger partial charge in [-0.25, -0.2) is 0 Å². The van der Waals surface area contributed by atoms with Gasteiger partial charge >= 0.3 is 5.97 Å². The van der Waals surface area contributed by atoms with Crippen LogP contribution in [0.1, 0.15) is 27.9 Å². The first-order valence-corrected chi connectivity index (χ1v) is 10.2. The number of allylic oxidation sites excluding steroid dienone is 2. The number of amides is 2. The molecule has 1 aromatic rings. The second-order valence-corrected chi connectivity index (χ2v) is 8.80. The highest BCUT2D eigenvalue weighted by Gasteiger charge is 2.67. The van der Waals surface area contributed by atoms with Crippen LogP contribution in [-0.2, 0) is 19.1 Å². The van der Waals surface area contributed by atoms with Crippen LogP contribution in [0.3, 0.4) is 0 Å². The van der Waals surface area contributed by atoms with Gasteiger partial charge in [0.2, 0.25) is 11.8 Å². The molecule has 6 rings (SSSR count). The molecular formula is C23H23NO5. The third-order valence-electron chi connectivity index (χ3n) is 7.23. The van der Waals surface area contributed by atoms with Crippen molar-refractivity contribution < 1.29 is 23.9 Å². The lowest BCUT2D eigenvalue weighted by atomic mass is 9.63. The first kappa shape index (κ1) is 18.3. The van der Waals surface area contributed by atoms with Gasteiger partial charge in [-0.1, -0.05) is 24.3 Å². The van der Waals surface area contributed by atoms with Crippen molar-refractivity contribution in [2.75, 3.05) is 13.2 Å². The highest BCUT2D eigenvalue weighted by atomic mass is 16.5. The summed E-state index contributed by atoms with van der Waals surface area (Å²) < 4.78 is 5.09. The van der Waals surface area contributed by atoms with Crippen LogP contribution in [0, 0.1) is 49.4 Å². The highest BCUT2D eigenvalue weighted by molar-refractivity contribution is 6.08. The molecule has 0 N–H and O–H groups in total. The maximum Gasteiger partial charge on any atom is 0.326 e. The van der Waals surface area contributed by atoms with Gasteiger partial charge in [0.25, 0.3) is 0 Å². The first-order chi connectivity index (χ1) is 13.9. The summed E-state index contributed by atoms with van der Waals surface area (Å²) in [6.45, 7) is 3.05. The van der Waals surface area contributed by atoms with Crippen LogP contribution in [0.4, 0.5) is 0 Å². The number of benzene rings is 1. The van der Waals surface area contributed by atoms with Gasteiger partial charge in [0.15, 0.2) is 12.4 Å². The minimum absolute atomic E-state index is 0.124. The van der Waals surface area contributed by atoms with Crippen molar-refractivity contribution in [1.29, 1.82) is 0 Å². The molecule has 1 heterocycles. The van der Waals surface area contributed by atoms with E-state index in [-0.39, 0.29) is 41.3 Å². The number of Topliss-reactive ketones (excluding diaryl/α,β-unsaturated/α-hetero) is 1. The number of rotatable bonds is 5. The Labute approximate surface area is 168 Å². The average molecular weight is 393 g/mol. The van der Waals surface area contributed by atoms with Gasteiger partial charge in [-0.2, -0.15) is 0 Å². The topological polar surface area (TPSA) is 80.8 Å². The molecular weight excluding hydrogens is 370 g/mol. The van der Waals surface area contributed by atoms with Crippen molar-refractivity contribution in [3.05, 3.63) is 47.0 Å². The van der Waals surface area contributed by atoms with Crippen LogP contribution in [-0.4, -0.2) is 41.6 Å². The number of nitrogens with zero attached hydrogens (tertiary/aromatic N) is 1. The van der Waals surface area contributed by atoms with E-state index >= 15 is 0 Å². The summed E-state index contributed by atoms with van der Waals surface area (Å²) >= 11 is 0. The second kappa shape index (κ2) is 6.37. The minimum atomic E-state index is -0.729. The maximum absolute atomic E-state index is 12.9. The van der Waals surface area contributed by atoms with E-state index in [1.165, 1.54) is 0 Å². The zero-order chi connectivity index (χ0) is 20.4. The van der Waals surface area contributed by atoms with Gasteiger partial charge in [0, 0.05) is 5.56 Å². The van der Waals surface area contributed by atoms with E-state index in [0.29, 0.717) is 17.4 Å². The summed E-state index contributed by atoms with van der Waals surface area (Å²) in [4.78, 5) is 51.3. The Bertz CT molecular complexity index is 943. The van der Waals surface area contributed by atoms with Gasteiger partial charge in [-0.05, 0) is 61.1 Å². The third kappa shape index (κ3) is 2.76. The minimum Gasteiger partial charge on any atom is -0.456 e. The predicted octanol–water partition coefficient (Wildman–Crippen LogP) is 2.08. The largest absolute Gasteiger partial charge is 0.456 e. The number of aryl methyl sites for hydroxylation is 2. The summed E-state index contributed by atoms with van der Waals surface area (Å²) in [6.07, 6.45) is 5.28. The molecule has 2 bridgehead atoms. The number of ether oxygens (including phenoxy) is 1. The lowest BCUT2D eigenvalue weighted by Gasteiger charge is -2.37. The van der Waals surface area contributed by atoms with Crippen molar-refractivity contribution in [3.63, 3.8) is 0 Å². The van der Waals surface area contributed by atoms with Gasteiger partial charge in [-0.15, -0.1) is 0 Å². The van der Waals surface area contributed by atoms with Crippen LogP contribution in [0.5, 0.6) is 0 Å². The van der Waals surface area contributed by atoms with E-state index in [2.05, 4.69) is 12.2 Å². The molecule has 6 nitrogen and oxygen atoms in total. The van der Waals surface area contributed by atoms with Crippen LogP contribution in [0.25, 0.3) is 0 Å². The van der Waals surface area contributed by atoms with Crippen LogP contribution in [0.2, 0.25) is 0 Å². The van der Waals surface area contributed by atoms with Crippen LogP contribution >= 0.6 is 0 Å². The third-order valence-corrected chi connectivity index (χ3v) is 7.23. The second-order valence-electron chi connectivity index (χ2n) is 8.80. The van der Waals surface area contributed by atoms with Crippen molar-refractivity contribution >= 4 is 23.6 Å². The van der Waals surface area contributed by atoms with E-state index < -0.39 is 19.1 Å². The summed E-state index contributed by atoms with van der Waals surface area (Å²) in [5.74, 6) is -0.931. The first-order valence-electron chi connectivity index (χ1n) is 10.2. The summed E-state index contributed by atoms with van der Waals surface area (Å²) in [6, 6.07) is 5.31. The van der Waals surface area contributed by atoms with E-state index in [1.807, 2.05) is 19.9 Å². The van der Waals surface area contributed by atoms with E-state index in [1.54, 1.807) is 12.1 Å². The fourth-order valence-corrected chi connectivity index (χ4v) is 5.49. The number of imide groups is 1. The molecule has 1 saturated heterocycles. The number of hydrogen-bond acceptors (Lipinski definition) is 5. The van der Waals surface area contributed by atoms with Gasteiger partial charge in [0.05, 0.1) is 11.8 Å². The predicted molar refractivity (Wildman–Crippen MR) is 103 cm³/mol. The SMILES string of the molecule is Cc1ccc(C(=O)COC(=O)CN2C(=O)[C@@H]3[C@H]4C=C[C@H]([C@H]5C[C@H]45)[C@@H]3C2=O)cc1C. The molecule has 2 amide bonds. The summed E-state index contributed by atoms with van der Waals surface area (Å²) in [5, 5.41) is 0. The fourth-order valence-electron chi connectivity index (χ4n) is 5.49. The molecule has 4 aliphatic carbocycles. The van der Waals surface area contributed by atoms with Crippen molar-refractivity contribution in [2.45, 2.75) is 20.3 Å². The molecule has 1 aliphatic heterocycles. The lowest BCUT2D eigenvalue weighted by Crippen LogP contribution is -2.40. The standard InChI is InChI=1S/C23H23NO5/c1-11-3-4-13(7-12(11)2)18(25)10-29-19(26)9-24-22(27)20-14-5-6-15(17-8-16(14)17)21(20)23(24)28/h3-7,14-17,20-21H,8-10H2,1-2H3/t14-,15+,16-,17-,20+,21-/m1/s1. The Morgan fingerprint density at radius 1 is 1.00 bits per heavy atom. The fraction of sp³-hybridized carbons (Fsp3) is 0.478. The number of carbonyl (C=O) groups is 4. The Balaban J connectivity index is 1.21. The molecule has 0 spiro atoms. The molecule has 6 atom stereocenters. The molecule has 3 fully saturated rings.